The maximum Gasteiger partial charge on any atom is 0.275 e. The van der Waals surface area contributed by atoms with Gasteiger partial charge in [0.05, 0.1) is 11.9 Å². The first-order chi connectivity index (χ1) is 10.1. The second-order valence-electron chi connectivity index (χ2n) is 6.53. The second kappa shape index (κ2) is 5.62. The maximum absolute atomic E-state index is 12.9. The van der Waals surface area contributed by atoms with Gasteiger partial charge in [-0.25, -0.2) is 9.97 Å². The van der Waals surface area contributed by atoms with Gasteiger partial charge in [-0.15, -0.1) is 0 Å². The molecule has 0 aromatic carbocycles. The molecule has 114 valence electrons. The van der Waals surface area contributed by atoms with Crippen molar-refractivity contribution < 1.29 is 4.79 Å². The van der Waals surface area contributed by atoms with Crippen LogP contribution >= 0.6 is 0 Å². The van der Waals surface area contributed by atoms with E-state index in [9.17, 15) is 4.79 Å². The molecule has 2 aliphatic carbocycles. The molecule has 0 spiro atoms. The first-order valence-electron chi connectivity index (χ1n) is 7.95. The second-order valence-corrected chi connectivity index (χ2v) is 6.53. The molecule has 0 radical (unpaired) electrons. The number of hydrogen-bond acceptors (Lipinski definition) is 4. The minimum Gasteiger partial charge on any atom is -0.385 e. The average Bonchev–Trinajstić information content (AvgIpc) is 3.36. The van der Waals surface area contributed by atoms with Gasteiger partial charge in [-0.2, -0.15) is 0 Å². The lowest BCUT2D eigenvalue weighted by Gasteiger charge is -2.23. The van der Waals surface area contributed by atoms with Crippen LogP contribution in [-0.4, -0.2) is 40.4 Å². The van der Waals surface area contributed by atoms with E-state index in [1.54, 1.807) is 6.20 Å². The van der Waals surface area contributed by atoms with Gasteiger partial charge >= 0.3 is 0 Å². The minimum atomic E-state index is 0.0676. The summed E-state index contributed by atoms with van der Waals surface area (Å²) in [5.41, 5.74) is 1.26. The average molecular weight is 288 g/mol. The zero-order valence-electron chi connectivity index (χ0n) is 13.1. The Morgan fingerprint density at radius 1 is 1.38 bits per heavy atom. The third-order valence-electron chi connectivity index (χ3n) is 4.20. The summed E-state index contributed by atoms with van der Waals surface area (Å²) in [5, 5.41) is 3.05. The van der Waals surface area contributed by atoms with Crippen LogP contribution in [0.2, 0.25) is 0 Å². The number of carbonyl (C=O) groups is 1. The summed E-state index contributed by atoms with van der Waals surface area (Å²) in [6.45, 7) is 4.99. The van der Waals surface area contributed by atoms with Crippen LogP contribution in [0.15, 0.2) is 6.20 Å². The molecule has 1 amide bonds. The van der Waals surface area contributed by atoms with Gasteiger partial charge in [-0.1, -0.05) is 13.8 Å². The van der Waals surface area contributed by atoms with E-state index < -0.39 is 0 Å². The summed E-state index contributed by atoms with van der Waals surface area (Å²) in [6.07, 6.45) is 6.52. The maximum atomic E-state index is 12.9. The van der Waals surface area contributed by atoms with E-state index in [-0.39, 0.29) is 11.8 Å². The van der Waals surface area contributed by atoms with Crippen LogP contribution in [0.4, 0.5) is 5.69 Å². The number of amides is 1. The quantitative estimate of drug-likeness (QED) is 0.874. The lowest BCUT2D eigenvalue weighted by atomic mass is 10.2. The van der Waals surface area contributed by atoms with E-state index in [1.807, 2.05) is 25.8 Å². The highest BCUT2D eigenvalue weighted by atomic mass is 16.2. The fourth-order valence-electron chi connectivity index (χ4n) is 2.52. The van der Waals surface area contributed by atoms with E-state index in [1.165, 1.54) is 12.8 Å². The number of anilines is 1. The molecular formula is C16H24N4O. The Bertz CT molecular complexity index is 535. The predicted octanol–water partition coefficient (Wildman–Crippen LogP) is 2.66. The van der Waals surface area contributed by atoms with Crippen LogP contribution < -0.4 is 5.32 Å². The molecule has 2 aliphatic rings. The molecule has 3 rings (SSSR count). The van der Waals surface area contributed by atoms with Crippen LogP contribution in [0, 0.1) is 5.92 Å². The first-order valence-corrected chi connectivity index (χ1v) is 7.95. The van der Waals surface area contributed by atoms with Crippen molar-refractivity contribution in [2.24, 2.45) is 5.92 Å². The smallest absolute Gasteiger partial charge is 0.275 e. The Kier molecular flexibility index (Phi) is 3.83. The monoisotopic (exact) mass is 288 g/mol. The van der Waals surface area contributed by atoms with Crippen LogP contribution in [0.25, 0.3) is 0 Å². The predicted molar refractivity (Wildman–Crippen MR) is 82.5 cm³/mol. The summed E-state index contributed by atoms with van der Waals surface area (Å²) < 4.78 is 0. The molecule has 5 nitrogen and oxygen atoms in total. The van der Waals surface area contributed by atoms with Crippen molar-refractivity contribution >= 4 is 11.6 Å². The van der Waals surface area contributed by atoms with E-state index in [0.29, 0.717) is 17.7 Å². The van der Waals surface area contributed by atoms with Gasteiger partial charge in [0.15, 0.2) is 5.69 Å². The third kappa shape index (κ3) is 3.17. The Morgan fingerprint density at radius 2 is 2.10 bits per heavy atom. The third-order valence-corrected chi connectivity index (χ3v) is 4.20. The molecule has 1 heterocycles. The molecule has 1 aromatic heterocycles. The Hall–Kier alpha value is -1.65. The summed E-state index contributed by atoms with van der Waals surface area (Å²) in [7, 11) is 1.81. The molecule has 1 aromatic rings. The van der Waals surface area contributed by atoms with Crippen molar-refractivity contribution in [1.29, 1.82) is 0 Å². The molecule has 0 atom stereocenters. The fraction of sp³-hybridized carbons (Fsp3) is 0.688. The summed E-state index contributed by atoms with van der Waals surface area (Å²) >= 11 is 0. The Morgan fingerprint density at radius 3 is 2.62 bits per heavy atom. The number of hydrogen-bond donors (Lipinski definition) is 1. The fourth-order valence-corrected chi connectivity index (χ4v) is 2.52. The molecule has 5 heteroatoms. The van der Waals surface area contributed by atoms with Crippen molar-refractivity contribution in [3.63, 3.8) is 0 Å². The highest BCUT2D eigenvalue weighted by Crippen LogP contribution is 2.36. The van der Waals surface area contributed by atoms with Crippen molar-refractivity contribution in [3.05, 3.63) is 17.7 Å². The summed E-state index contributed by atoms with van der Waals surface area (Å²) in [5.74, 6) is 1.73. The van der Waals surface area contributed by atoms with Gasteiger partial charge in [-0.3, -0.25) is 4.79 Å². The number of nitrogens with one attached hydrogen (secondary N) is 1. The molecule has 0 unspecified atom stereocenters. The van der Waals surface area contributed by atoms with Crippen molar-refractivity contribution in [1.82, 2.24) is 14.9 Å². The van der Waals surface area contributed by atoms with Crippen LogP contribution in [0.3, 0.4) is 0 Å². The number of nitrogens with zero attached hydrogens (tertiary/aromatic N) is 3. The van der Waals surface area contributed by atoms with Crippen molar-refractivity contribution in [3.8, 4) is 0 Å². The lowest BCUT2D eigenvalue weighted by molar-refractivity contribution is 0.0729. The Balaban J connectivity index is 1.88. The molecule has 1 N–H and O–H groups in total. The number of rotatable bonds is 6. The van der Waals surface area contributed by atoms with E-state index >= 15 is 0 Å². The van der Waals surface area contributed by atoms with Crippen molar-refractivity contribution in [2.75, 3.05) is 18.9 Å². The van der Waals surface area contributed by atoms with E-state index in [4.69, 9.17) is 0 Å². The molecule has 0 aliphatic heterocycles. The zero-order valence-corrected chi connectivity index (χ0v) is 13.1. The standard InChI is InChI=1S/C16H24N4O/c1-10(2)15-18-8-13(17-3)14(19-15)16(21)20(12-6-7-12)9-11-4-5-11/h8,10-12,17H,4-7,9H2,1-3H3. The molecule has 0 saturated heterocycles. The number of carbonyl (C=O) groups excluding carboxylic acids is 1. The lowest BCUT2D eigenvalue weighted by Crippen LogP contribution is -2.36. The number of aromatic nitrogens is 2. The molecule has 21 heavy (non-hydrogen) atoms. The summed E-state index contributed by atoms with van der Waals surface area (Å²) in [6, 6.07) is 0.431. The largest absolute Gasteiger partial charge is 0.385 e. The van der Waals surface area contributed by atoms with E-state index in [0.717, 1.165) is 30.9 Å². The van der Waals surface area contributed by atoms with E-state index in [2.05, 4.69) is 15.3 Å². The topological polar surface area (TPSA) is 58.1 Å². The van der Waals surface area contributed by atoms with Crippen molar-refractivity contribution in [2.45, 2.75) is 51.5 Å². The zero-order chi connectivity index (χ0) is 15.0. The molecule has 2 saturated carbocycles. The van der Waals surface area contributed by atoms with Crippen LogP contribution in [-0.2, 0) is 0 Å². The van der Waals surface area contributed by atoms with Gasteiger partial charge in [-0.05, 0) is 31.6 Å². The normalized spacial score (nSPS) is 17.9. The van der Waals surface area contributed by atoms with Gasteiger partial charge in [0.25, 0.3) is 5.91 Å². The first kappa shape index (κ1) is 14.3. The van der Waals surface area contributed by atoms with Crippen LogP contribution in [0.5, 0.6) is 0 Å². The minimum absolute atomic E-state index is 0.0676. The molecule has 0 bridgehead atoms. The molecule has 2 fully saturated rings. The van der Waals surface area contributed by atoms with Crippen LogP contribution in [0.1, 0.15) is 61.8 Å². The van der Waals surface area contributed by atoms with Gasteiger partial charge in [0.2, 0.25) is 0 Å². The van der Waals surface area contributed by atoms with Gasteiger partial charge < -0.3 is 10.2 Å². The Labute approximate surface area is 126 Å². The van der Waals surface area contributed by atoms with Gasteiger partial charge in [0, 0.05) is 25.6 Å². The van der Waals surface area contributed by atoms with Gasteiger partial charge in [0.1, 0.15) is 5.82 Å². The molecular weight excluding hydrogens is 264 g/mol. The summed E-state index contributed by atoms with van der Waals surface area (Å²) in [4.78, 5) is 23.9. The highest BCUT2D eigenvalue weighted by molar-refractivity contribution is 5.97. The SMILES string of the molecule is CNc1cnc(C(C)C)nc1C(=O)N(CC1CC1)C1CC1. The highest BCUT2D eigenvalue weighted by Gasteiger charge is 2.38.